The zero-order valence-corrected chi connectivity index (χ0v) is 12.9. The van der Waals surface area contributed by atoms with Crippen molar-refractivity contribution in [2.75, 3.05) is 0 Å². The zero-order chi connectivity index (χ0) is 16.4. The molecule has 1 aromatic carbocycles. The topological polar surface area (TPSA) is 95.9 Å². The number of primary amides is 1. The summed E-state index contributed by atoms with van der Waals surface area (Å²) in [5.41, 5.74) is 4.52. The lowest BCUT2D eigenvalue weighted by Gasteiger charge is -2.26. The normalized spacial score (nSPS) is 14.4. The number of ether oxygens (including phenoxy) is 1. The van der Waals surface area contributed by atoms with Crippen LogP contribution in [0.4, 0.5) is 18.0 Å². The van der Waals surface area contributed by atoms with Crippen LogP contribution in [-0.4, -0.2) is 26.3 Å². The Labute approximate surface area is 135 Å². The van der Waals surface area contributed by atoms with E-state index in [1.807, 2.05) is 0 Å². The van der Waals surface area contributed by atoms with E-state index < -0.39 is 21.4 Å². The first kappa shape index (κ1) is 16.5. The van der Waals surface area contributed by atoms with Crippen LogP contribution in [0.2, 0.25) is 0 Å². The van der Waals surface area contributed by atoms with Gasteiger partial charge in [-0.3, -0.25) is 0 Å². The fourth-order valence-electron chi connectivity index (χ4n) is 1.69. The monoisotopic (exact) mass is 427 g/mol. The predicted octanol–water partition coefficient (Wildman–Crippen LogP) is 2.08. The molecule has 22 heavy (non-hydrogen) atoms. The quantitative estimate of drug-likeness (QED) is 0.596. The number of nitrogens with zero attached hydrogens (tertiary/aromatic N) is 4. The van der Waals surface area contributed by atoms with Gasteiger partial charge in [0.25, 0.3) is 0 Å². The Kier molecular flexibility index (Phi) is 4.53. The van der Waals surface area contributed by atoms with Crippen molar-refractivity contribution in [3.05, 3.63) is 41.7 Å². The Hall–Kier alpha value is -1.92. The standard InChI is InChI=1S/C11H9F3IN5O2/c12-11(13,14)8-3-1-7(2-4-8)10(15,22-9(16)21)5-20-18-6-17-19-20/h1-4,6H,5H2,(H2,16,21). The van der Waals surface area contributed by atoms with Crippen LogP contribution < -0.4 is 5.73 Å². The van der Waals surface area contributed by atoms with Gasteiger partial charge in [-0.05, 0) is 39.9 Å². The summed E-state index contributed by atoms with van der Waals surface area (Å²) in [6, 6.07) is 4.19. The largest absolute Gasteiger partial charge is 0.425 e. The minimum atomic E-state index is -4.45. The highest BCUT2D eigenvalue weighted by Crippen LogP contribution is 2.37. The van der Waals surface area contributed by atoms with E-state index in [-0.39, 0.29) is 6.54 Å². The first-order valence-corrected chi connectivity index (χ1v) is 6.84. The van der Waals surface area contributed by atoms with Crippen LogP contribution >= 0.6 is 22.6 Å². The van der Waals surface area contributed by atoms with Crippen LogP contribution in [0, 0.1) is 0 Å². The SMILES string of the molecule is NC(=O)OC(I)(Cn1ncnn1)c1ccc(C(F)(F)F)cc1. The highest BCUT2D eigenvalue weighted by molar-refractivity contribution is 14.1. The first-order chi connectivity index (χ1) is 10.2. The van der Waals surface area contributed by atoms with Crippen molar-refractivity contribution < 1.29 is 22.7 Å². The van der Waals surface area contributed by atoms with Crippen LogP contribution in [-0.2, 0) is 21.1 Å². The molecule has 0 saturated carbocycles. The average Bonchev–Trinajstić information content (AvgIpc) is 2.89. The van der Waals surface area contributed by atoms with Gasteiger partial charge in [0.05, 0.1) is 5.56 Å². The summed E-state index contributed by atoms with van der Waals surface area (Å²) >= 11 is 1.76. The lowest BCUT2D eigenvalue weighted by Crippen LogP contribution is -2.34. The van der Waals surface area contributed by atoms with Gasteiger partial charge < -0.3 is 10.5 Å². The third kappa shape index (κ3) is 3.84. The van der Waals surface area contributed by atoms with Gasteiger partial charge in [-0.2, -0.15) is 18.0 Å². The van der Waals surface area contributed by atoms with Gasteiger partial charge in [0.15, 0.2) is 6.33 Å². The molecule has 0 fully saturated rings. The number of tetrazole rings is 1. The number of benzene rings is 1. The number of rotatable bonds is 4. The molecule has 0 bridgehead atoms. The molecule has 1 heterocycles. The van der Waals surface area contributed by atoms with Crippen molar-refractivity contribution in [2.24, 2.45) is 5.73 Å². The smallest absolute Gasteiger partial charge is 0.416 e. The summed E-state index contributed by atoms with van der Waals surface area (Å²) in [5.74, 6) is 0. The maximum absolute atomic E-state index is 12.6. The number of hydrogen-bond acceptors (Lipinski definition) is 5. The minimum Gasteiger partial charge on any atom is -0.425 e. The number of carbonyl (C=O) groups excluding carboxylic acids is 1. The Morgan fingerprint density at radius 1 is 1.27 bits per heavy atom. The van der Waals surface area contributed by atoms with Gasteiger partial charge in [-0.15, -0.1) is 10.2 Å². The lowest BCUT2D eigenvalue weighted by molar-refractivity contribution is -0.137. The molecule has 11 heteroatoms. The van der Waals surface area contributed by atoms with Gasteiger partial charge in [0.2, 0.25) is 3.61 Å². The Morgan fingerprint density at radius 2 is 1.86 bits per heavy atom. The molecular weight excluding hydrogens is 418 g/mol. The number of alkyl halides is 4. The van der Waals surface area contributed by atoms with E-state index in [9.17, 15) is 18.0 Å². The Bertz CT molecular complexity index is 647. The molecule has 2 rings (SSSR count). The molecule has 2 N–H and O–H groups in total. The van der Waals surface area contributed by atoms with Crippen LogP contribution in [0.15, 0.2) is 30.6 Å². The van der Waals surface area contributed by atoms with Gasteiger partial charge in [-0.25, -0.2) is 4.79 Å². The molecule has 0 saturated heterocycles. The number of carbonyl (C=O) groups is 1. The fraction of sp³-hybridized carbons (Fsp3) is 0.273. The number of hydrogen-bond donors (Lipinski definition) is 1. The number of amides is 1. The maximum Gasteiger partial charge on any atom is 0.416 e. The van der Waals surface area contributed by atoms with Crippen molar-refractivity contribution >= 4 is 28.7 Å². The fourth-order valence-corrected chi connectivity index (χ4v) is 2.57. The van der Waals surface area contributed by atoms with Gasteiger partial charge in [0.1, 0.15) is 6.54 Å². The molecule has 0 spiro atoms. The summed E-state index contributed by atoms with van der Waals surface area (Å²) < 4.78 is 41.4. The van der Waals surface area contributed by atoms with Crippen molar-refractivity contribution in [1.82, 2.24) is 20.2 Å². The van der Waals surface area contributed by atoms with Crippen molar-refractivity contribution in [3.8, 4) is 0 Å². The summed E-state index contributed by atoms with van der Waals surface area (Å²) in [6.07, 6.45) is -4.35. The Balaban J connectivity index is 2.34. The summed E-state index contributed by atoms with van der Waals surface area (Å²) in [4.78, 5) is 12.2. The molecule has 0 radical (unpaired) electrons. The van der Waals surface area contributed by atoms with Gasteiger partial charge >= 0.3 is 12.3 Å². The van der Waals surface area contributed by atoms with Crippen molar-refractivity contribution in [1.29, 1.82) is 0 Å². The van der Waals surface area contributed by atoms with Gasteiger partial charge in [0, 0.05) is 5.56 Å². The third-order valence-electron chi connectivity index (χ3n) is 2.64. The molecule has 2 aromatic rings. The van der Waals surface area contributed by atoms with Gasteiger partial charge in [-0.1, -0.05) is 12.1 Å². The first-order valence-electron chi connectivity index (χ1n) is 5.76. The summed E-state index contributed by atoms with van der Waals surface area (Å²) in [6.45, 7) is -0.0676. The van der Waals surface area contributed by atoms with Crippen LogP contribution in [0.1, 0.15) is 11.1 Å². The molecule has 0 aliphatic heterocycles. The Morgan fingerprint density at radius 3 is 2.32 bits per heavy atom. The number of halogens is 4. The van der Waals surface area contributed by atoms with Crippen LogP contribution in [0.3, 0.4) is 0 Å². The van der Waals surface area contributed by atoms with E-state index in [0.29, 0.717) is 5.56 Å². The van der Waals surface area contributed by atoms with E-state index >= 15 is 0 Å². The van der Waals surface area contributed by atoms with E-state index in [1.165, 1.54) is 18.5 Å². The van der Waals surface area contributed by atoms with E-state index in [0.717, 1.165) is 16.9 Å². The van der Waals surface area contributed by atoms with Crippen molar-refractivity contribution in [2.45, 2.75) is 16.3 Å². The van der Waals surface area contributed by atoms with Crippen molar-refractivity contribution in [3.63, 3.8) is 0 Å². The zero-order valence-electron chi connectivity index (χ0n) is 10.8. The molecule has 7 nitrogen and oxygen atoms in total. The summed E-state index contributed by atoms with van der Waals surface area (Å²) in [5, 5.41) is 10.9. The molecule has 1 unspecified atom stereocenters. The molecule has 0 aliphatic rings. The molecule has 0 aliphatic carbocycles. The summed E-state index contributed by atoms with van der Waals surface area (Å²) in [7, 11) is 0. The second-order valence-corrected chi connectivity index (χ2v) is 5.93. The van der Waals surface area contributed by atoms with Crippen LogP contribution in [0.5, 0.6) is 0 Å². The molecule has 118 valence electrons. The second kappa shape index (κ2) is 6.06. The number of aromatic nitrogens is 4. The average molecular weight is 427 g/mol. The second-order valence-electron chi connectivity index (χ2n) is 4.19. The van der Waals surface area contributed by atoms with E-state index in [4.69, 9.17) is 10.5 Å². The van der Waals surface area contributed by atoms with E-state index in [1.54, 1.807) is 22.6 Å². The molecule has 1 atom stereocenters. The highest BCUT2D eigenvalue weighted by atomic mass is 127. The maximum atomic E-state index is 12.6. The molecule has 1 aromatic heterocycles. The molecular formula is C11H9F3IN5O2. The lowest BCUT2D eigenvalue weighted by atomic mass is 10.1. The molecule has 1 amide bonds. The van der Waals surface area contributed by atoms with Crippen LogP contribution in [0.25, 0.3) is 0 Å². The van der Waals surface area contributed by atoms with E-state index in [2.05, 4.69) is 15.4 Å². The number of nitrogens with two attached hydrogens (primary N) is 1. The minimum absolute atomic E-state index is 0.0676. The highest BCUT2D eigenvalue weighted by Gasteiger charge is 2.36. The predicted molar refractivity (Wildman–Crippen MR) is 75.6 cm³/mol. The third-order valence-corrected chi connectivity index (χ3v) is 3.83.